The van der Waals surface area contributed by atoms with E-state index in [4.69, 9.17) is 14.1 Å². The predicted molar refractivity (Wildman–Crippen MR) is 181 cm³/mol. The zero-order chi connectivity index (χ0) is 37.1. The van der Waals surface area contributed by atoms with Crippen molar-refractivity contribution >= 4 is 60.7 Å². The second-order valence-corrected chi connectivity index (χ2v) is 12.7. The number of rotatable bonds is 12. The Balaban J connectivity index is 1.24. The minimum absolute atomic E-state index is 0.0156. The summed E-state index contributed by atoms with van der Waals surface area (Å²) in [6.07, 6.45) is -0.707. The minimum Gasteiger partial charge on any atom is -0.508 e. The van der Waals surface area contributed by atoms with Crippen LogP contribution in [-0.4, -0.2) is 88.1 Å². The van der Waals surface area contributed by atoms with E-state index in [9.17, 15) is 43.9 Å². The van der Waals surface area contributed by atoms with E-state index in [1.165, 1.54) is 43.3 Å². The summed E-state index contributed by atoms with van der Waals surface area (Å²) in [5.41, 5.74) is 3.05. The normalized spacial score (nSPS) is 16.6. The summed E-state index contributed by atoms with van der Waals surface area (Å²) >= 11 is 0. The molecule has 0 unspecified atom stereocenters. The van der Waals surface area contributed by atoms with E-state index < -0.39 is 74.3 Å². The van der Waals surface area contributed by atoms with Gasteiger partial charge in [0.1, 0.15) is 11.8 Å². The number of phenols is 1. The molecule has 1 fully saturated rings. The SMILES string of the molecule is C[C@H](NC(=O)c1ccc2c(c1)B(O)OC2)[C@H](NC(=O)c1ccc2c(c1)B(O)OC2)C(=O)N[C@H](CC(=O)ON1C(=O)CCC1=O)Cc1ccc(O)cc1. The summed E-state index contributed by atoms with van der Waals surface area (Å²) in [6.45, 7) is 1.82. The number of fused-ring (bicyclic) bond motifs is 2. The van der Waals surface area contributed by atoms with Crippen molar-refractivity contribution in [1.29, 1.82) is 0 Å². The molecule has 6 N–H and O–H groups in total. The van der Waals surface area contributed by atoms with Crippen LogP contribution in [0.2, 0.25) is 0 Å². The molecule has 1 saturated heterocycles. The van der Waals surface area contributed by atoms with Gasteiger partial charge in [-0.3, -0.25) is 24.0 Å². The second kappa shape index (κ2) is 15.4. The molecule has 6 rings (SSSR count). The molecule has 16 nitrogen and oxygen atoms in total. The van der Waals surface area contributed by atoms with Crippen LogP contribution in [0.3, 0.4) is 0 Å². The van der Waals surface area contributed by atoms with Crippen molar-refractivity contribution in [2.24, 2.45) is 0 Å². The first-order chi connectivity index (χ1) is 24.9. The zero-order valence-electron chi connectivity index (χ0n) is 27.9. The maximum Gasteiger partial charge on any atom is 0.491 e. The molecule has 3 aromatic carbocycles. The van der Waals surface area contributed by atoms with Gasteiger partial charge < -0.3 is 45.3 Å². The first kappa shape index (κ1) is 36.2. The molecule has 268 valence electrons. The van der Waals surface area contributed by atoms with Crippen LogP contribution in [0, 0.1) is 0 Å². The van der Waals surface area contributed by atoms with Crippen molar-refractivity contribution in [2.45, 2.75) is 63.9 Å². The van der Waals surface area contributed by atoms with E-state index in [0.29, 0.717) is 32.7 Å². The number of benzene rings is 3. The third-order valence-electron chi connectivity index (χ3n) is 8.95. The molecule has 0 radical (unpaired) electrons. The van der Waals surface area contributed by atoms with Crippen LogP contribution in [0.1, 0.15) is 63.6 Å². The Kier molecular flexibility index (Phi) is 10.7. The highest BCUT2D eigenvalue weighted by atomic mass is 16.7. The molecule has 0 aromatic heterocycles. The lowest BCUT2D eigenvalue weighted by molar-refractivity contribution is -0.197. The maximum absolute atomic E-state index is 14.1. The summed E-state index contributed by atoms with van der Waals surface area (Å²) in [5.74, 6) is -4.52. The molecule has 3 aromatic rings. The number of carbonyl (C=O) groups is 6. The average molecular weight is 712 g/mol. The van der Waals surface area contributed by atoms with Gasteiger partial charge >= 0.3 is 20.2 Å². The number of hydrogen-bond acceptors (Lipinski definition) is 12. The first-order valence-corrected chi connectivity index (χ1v) is 16.5. The van der Waals surface area contributed by atoms with E-state index in [1.54, 1.807) is 24.3 Å². The van der Waals surface area contributed by atoms with Crippen LogP contribution >= 0.6 is 0 Å². The van der Waals surface area contributed by atoms with Gasteiger partial charge in [-0.25, -0.2) is 4.79 Å². The molecule has 52 heavy (non-hydrogen) atoms. The maximum atomic E-state index is 14.1. The molecule has 0 saturated carbocycles. The van der Waals surface area contributed by atoms with Crippen molar-refractivity contribution in [3.05, 3.63) is 88.5 Å². The van der Waals surface area contributed by atoms with Crippen LogP contribution < -0.4 is 26.9 Å². The molecule has 18 heteroatoms. The van der Waals surface area contributed by atoms with Gasteiger partial charge in [-0.15, -0.1) is 5.06 Å². The Morgan fingerprint density at radius 1 is 0.808 bits per heavy atom. The largest absolute Gasteiger partial charge is 0.508 e. The van der Waals surface area contributed by atoms with E-state index >= 15 is 0 Å². The Bertz CT molecular complexity index is 1910. The highest BCUT2D eigenvalue weighted by Gasteiger charge is 2.36. The number of aromatic hydroxyl groups is 1. The van der Waals surface area contributed by atoms with Crippen molar-refractivity contribution in [1.82, 2.24) is 21.0 Å². The number of hydrogen-bond donors (Lipinski definition) is 6. The van der Waals surface area contributed by atoms with Gasteiger partial charge in [0.2, 0.25) is 5.91 Å². The van der Waals surface area contributed by atoms with Crippen molar-refractivity contribution < 1.29 is 58.1 Å². The Labute approximate surface area is 297 Å². The van der Waals surface area contributed by atoms with Gasteiger partial charge in [0.05, 0.1) is 25.7 Å². The fraction of sp³-hybridized carbons (Fsp3) is 0.294. The molecule has 5 amide bonds. The van der Waals surface area contributed by atoms with E-state index in [2.05, 4.69) is 16.0 Å². The molecule has 3 heterocycles. The van der Waals surface area contributed by atoms with Crippen molar-refractivity contribution in [3.8, 4) is 5.75 Å². The monoisotopic (exact) mass is 712 g/mol. The number of nitrogens with one attached hydrogen (secondary N) is 3. The lowest BCUT2D eigenvalue weighted by Gasteiger charge is -2.28. The number of carbonyl (C=O) groups excluding carboxylic acids is 6. The molecular formula is C34H34B2N4O12. The van der Waals surface area contributed by atoms with Crippen LogP contribution in [0.15, 0.2) is 60.7 Å². The molecule has 0 spiro atoms. The molecule has 3 aliphatic heterocycles. The Morgan fingerprint density at radius 3 is 1.90 bits per heavy atom. The zero-order valence-corrected chi connectivity index (χ0v) is 27.9. The molecular weight excluding hydrogens is 678 g/mol. The summed E-state index contributed by atoms with van der Waals surface area (Å²) < 4.78 is 10.4. The summed E-state index contributed by atoms with van der Waals surface area (Å²) in [7, 11) is -2.43. The third kappa shape index (κ3) is 8.15. The number of amides is 5. The Morgan fingerprint density at radius 2 is 1.35 bits per heavy atom. The quantitative estimate of drug-likeness (QED) is 0.0929. The second-order valence-electron chi connectivity index (χ2n) is 12.7. The van der Waals surface area contributed by atoms with Gasteiger partial charge in [0.15, 0.2) is 0 Å². The standard InChI is InChI=1S/C34H34B2N4O12/c1-18(37-32(45)20-4-6-22-16-50-35(48)26(22)13-20)31(39-33(46)21-5-7-23-17-51-36(49)27(23)14-21)34(47)38-24(12-19-2-8-25(41)9-3-19)15-30(44)52-40-28(42)10-11-29(40)43/h2-9,13-14,18,24,31,41,48-49H,10-12,15-17H2,1H3,(H,37,45)(H,38,47)(H,39,46)/t18-,24-,31-/m0/s1. The fourth-order valence-electron chi connectivity index (χ4n) is 6.11. The van der Waals surface area contributed by atoms with Crippen LogP contribution in [0.5, 0.6) is 5.75 Å². The summed E-state index contributed by atoms with van der Waals surface area (Å²) in [4.78, 5) is 83.2. The number of imide groups is 1. The van der Waals surface area contributed by atoms with Gasteiger partial charge in [0, 0.05) is 30.0 Å². The van der Waals surface area contributed by atoms with Crippen molar-refractivity contribution in [2.75, 3.05) is 0 Å². The Hall–Kier alpha value is -5.55. The highest BCUT2D eigenvalue weighted by Crippen LogP contribution is 2.17. The summed E-state index contributed by atoms with van der Waals surface area (Å²) in [5, 5.41) is 38.5. The van der Waals surface area contributed by atoms with Gasteiger partial charge in [-0.2, -0.15) is 0 Å². The van der Waals surface area contributed by atoms with Gasteiger partial charge in [0.25, 0.3) is 23.6 Å². The van der Waals surface area contributed by atoms with Crippen LogP contribution in [0.25, 0.3) is 0 Å². The van der Waals surface area contributed by atoms with Crippen LogP contribution in [-0.2, 0) is 53.0 Å². The minimum atomic E-state index is -1.45. The fourth-order valence-corrected chi connectivity index (χ4v) is 6.11. The highest BCUT2D eigenvalue weighted by molar-refractivity contribution is 6.62. The molecule has 0 aliphatic carbocycles. The first-order valence-electron chi connectivity index (χ1n) is 16.5. The average Bonchev–Trinajstić information content (AvgIpc) is 3.79. The van der Waals surface area contributed by atoms with E-state index in [1.807, 2.05) is 0 Å². The number of hydroxylamine groups is 2. The topological polar surface area (TPSA) is 230 Å². The molecule has 3 atom stereocenters. The van der Waals surface area contributed by atoms with Crippen molar-refractivity contribution in [3.63, 3.8) is 0 Å². The third-order valence-corrected chi connectivity index (χ3v) is 8.95. The lowest BCUT2D eigenvalue weighted by atomic mass is 9.78. The predicted octanol–water partition coefficient (Wildman–Crippen LogP) is -1.53. The van der Waals surface area contributed by atoms with Gasteiger partial charge in [-0.05, 0) is 77.4 Å². The van der Waals surface area contributed by atoms with Crippen LogP contribution in [0.4, 0.5) is 0 Å². The van der Waals surface area contributed by atoms with E-state index in [0.717, 1.165) is 0 Å². The van der Waals surface area contributed by atoms with Gasteiger partial charge in [-0.1, -0.05) is 24.3 Å². The molecule has 3 aliphatic rings. The summed E-state index contributed by atoms with van der Waals surface area (Å²) in [6, 6.07) is 11.6. The number of nitrogens with zero attached hydrogens (tertiary/aromatic N) is 1. The van der Waals surface area contributed by atoms with E-state index in [-0.39, 0.29) is 49.4 Å². The molecule has 0 bridgehead atoms. The number of phenolic OH excluding ortho intramolecular Hbond substituents is 1. The smallest absolute Gasteiger partial charge is 0.491 e. The lowest BCUT2D eigenvalue weighted by Crippen LogP contribution is -2.59.